The summed E-state index contributed by atoms with van der Waals surface area (Å²) in [6, 6.07) is 3.68. The van der Waals surface area contributed by atoms with Gasteiger partial charge in [-0.3, -0.25) is 4.68 Å². The van der Waals surface area contributed by atoms with Crippen LogP contribution >= 0.6 is 0 Å². The zero-order valence-electron chi connectivity index (χ0n) is 9.44. The number of nitrogens with two attached hydrogens (primary N) is 1. The first-order valence-electron chi connectivity index (χ1n) is 5.20. The molecule has 0 unspecified atom stereocenters. The van der Waals surface area contributed by atoms with E-state index in [9.17, 15) is 0 Å². The molecule has 2 heterocycles. The first-order valence-corrected chi connectivity index (χ1v) is 5.20. The summed E-state index contributed by atoms with van der Waals surface area (Å²) in [5.74, 6) is 0.506. The second-order valence-corrected chi connectivity index (χ2v) is 3.61. The highest BCUT2D eigenvalue weighted by atomic mass is 15.3. The molecule has 0 saturated heterocycles. The molecule has 0 amide bonds. The molecule has 0 spiro atoms. The van der Waals surface area contributed by atoms with Crippen molar-refractivity contribution in [1.82, 2.24) is 14.8 Å². The quantitative estimate of drug-likeness (QED) is 0.821. The summed E-state index contributed by atoms with van der Waals surface area (Å²) in [5, 5.41) is 7.64. The van der Waals surface area contributed by atoms with E-state index in [1.54, 1.807) is 16.9 Å². The Balaban J connectivity index is 2.26. The van der Waals surface area contributed by atoms with Gasteiger partial charge in [0.15, 0.2) is 0 Å². The summed E-state index contributed by atoms with van der Waals surface area (Å²) in [5.41, 5.74) is 8.59. The Bertz CT molecular complexity index is 489. The van der Waals surface area contributed by atoms with Crippen LogP contribution in [0.5, 0.6) is 0 Å². The van der Waals surface area contributed by atoms with Crippen molar-refractivity contribution in [1.29, 1.82) is 0 Å². The first kappa shape index (κ1) is 10.5. The van der Waals surface area contributed by atoms with E-state index in [1.807, 2.05) is 19.3 Å². The van der Waals surface area contributed by atoms with Gasteiger partial charge < -0.3 is 11.1 Å². The molecule has 0 aliphatic rings. The fourth-order valence-electron chi connectivity index (χ4n) is 1.58. The molecule has 2 aromatic rings. The molecule has 0 atom stereocenters. The minimum Gasteiger partial charge on any atom is -0.384 e. The Morgan fingerprint density at radius 3 is 3.00 bits per heavy atom. The maximum atomic E-state index is 5.62. The molecule has 0 radical (unpaired) electrons. The van der Waals surface area contributed by atoms with E-state index in [0.29, 0.717) is 5.82 Å². The summed E-state index contributed by atoms with van der Waals surface area (Å²) < 4.78 is 1.80. The lowest BCUT2D eigenvalue weighted by molar-refractivity contribution is 0.746. The molecule has 5 nitrogen and oxygen atoms in total. The normalized spacial score (nSPS) is 10.4. The average Bonchev–Trinajstić information content (AvgIpc) is 2.59. The van der Waals surface area contributed by atoms with Crippen LogP contribution in [0.25, 0.3) is 0 Å². The molecule has 3 N–H and O–H groups in total. The zero-order valence-corrected chi connectivity index (χ0v) is 9.44. The van der Waals surface area contributed by atoms with Crippen LogP contribution in [0, 0.1) is 0 Å². The summed E-state index contributed by atoms with van der Waals surface area (Å²) in [7, 11) is 1.91. The molecule has 0 fully saturated rings. The Kier molecular flexibility index (Phi) is 2.76. The van der Waals surface area contributed by atoms with Gasteiger partial charge in [-0.05, 0) is 12.5 Å². The van der Waals surface area contributed by atoms with Crippen molar-refractivity contribution in [2.75, 3.05) is 11.1 Å². The van der Waals surface area contributed by atoms with Gasteiger partial charge in [0.05, 0.1) is 11.4 Å². The number of aromatic nitrogens is 3. The number of nitrogen functional groups attached to an aromatic ring is 1. The van der Waals surface area contributed by atoms with Crippen molar-refractivity contribution in [3.63, 3.8) is 0 Å². The maximum absolute atomic E-state index is 5.62. The van der Waals surface area contributed by atoms with Gasteiger partial charge in [0.2, 0.25) is 0 Å². The van der Waals surface area contributed by atoms with E-state index in [-0.39, 0.29) is 0 Å². The smallest absolute Gasteiger partial charge is 0.125 e. The molecule has 84 valence electrons. The number of pyridine rings is 1. The van der Waals surface area contributed by atoms with E-state index in [2.05, 4.69) is 22.3 Å². The standard InChI is InChI=1S/C11H15N5/c1-3-9-10(7-16(2)15-9)14-8-4-5-13-11(12)6-8/h4-7H,3H2,1-2H3,(H3,12,13,14). The largest absolute Gasteiger partial charge is 0.384 e. The van der Waals surface area contributed by atoms with E-state index in [1.165, 1.54) is 0 Å². The lowest BCUT2D eigenvalue weighted by Crippen LogP contribution is -1.95. The van der Waals surface area contributed by atoms with Gasteiger partial charge in [-0.1, -0.05) is 6.92 Å². The number of hydrogen-bond donors (Lipinski definition) is 2. The monoisotopic (exact) mass is 217 g/mol. The lowest BCUT2D eigenvalue weighted by Gasteiger charge is -2.05. The Morgan fingerprint density at radius 2 is 2.31 bits per heavy atom. The Hall–Kier alpha value is -2.04. The van der Waals surface area contributed by atoms with E-state index in [4.69, 9.17) is 5.73 Å². The molecule has 0 bridgehead atoms. The van der Waals surface area contributed by atoms with Gasteiger partial charge in [0.1, 0.15) is 5.82 Å². The third-order valence-electron chi connectivity index (χ3n) is 2.30. The molecular weight excluding hydrogens is 202 g/mol. The highest BCUT2D eigenvalue weighted by Crippen LogP contribution is 2.20. The molecule has 0 aromatic carbocycles. The minimum atomic E-state index is 0.506. The number of aryl methyl sites for hydroxylation is 2. The molecule has 5 heteroatoms. The van der Waals surface area contributed by atoms with Crippen molar-refractivity contribution in [2.45, 2.75) is 13.3 Å². The first-order chi connectivity index (χ1) is 7.69. The molecule has 0 saturated carbocycles. The number of nitrogens with one attached hydrogen (secondary N) is 1. The van der Waals surface area contributed by atoms with Gasteiger partial charge in [0.25, 0.3) is 0 Å². The predicted octanol–water partition coefficient (Wildman–Crippen LogP) is 1.70. The molecule has 16 heavy (non-hydrogen) atoms. The fraction of sp³-hybridized carbons (Fsp3) is 0.273. The van der Waals surface area contributed by atoms with Crippen molar-refractivity contribution in [3.8, 4) is 0 Å². The average molecular weight is 217 g/mol. The Labute approximate surface area is 94.3 Å². The van der Waals surface area contributed by atoms with Crippen LogP contribution in [-0.2, 0) is 13.5 Å². The summed E-state index contributed by atoms with van der Waals surface area (Å²) >= 11 is 0. The zero-order chi connectivity index (χ0) is 11.5. The highest BCUT2D eigenvalue weighted by molar-refractivity contribution is 5.63. The minimum absolute atomic E-state index is 0.506. The van der Waals surface area contributed by atoms with E-state index in [0.717, 1.165) is 23.5 Å². The van der Waals surface area contributed by atoms with Gasteiger partial charge in [-0.15, -0.1) is 0 Å². The van der Waals surface area contributed by atoms with E-state index >= 15 is 0 Å². The molecule has 0 aliphatic heterocycles. The fourth-order valence-corrected chi connectivity index (χ4v) is 1.58. The number of nitrogens with zero attached hydrogens (tertiary/aromatic N) is 3. The molecule has 2 aromatic heterocycles. The third kappa shape index (κ3) is 2.13. The van der Waals surface area contributed by atoms with Crippen LogP contribution in [0.2, 0.25) is 0 Å². The predicted molar refractivity (Wildman–Crippen MR) is 64.5 cm³/mol. The Morgan fingerprint density at radius 1 is 1.50 bits per heavy atom. The topological polar surface area (TPSA) is 68.8 Å². The summed E-state index contributed by atoms with van der Waals surface area (Å²) in [4.78, 5) is 3.95. The van der Waals surface area contributed by atoms with Gasteiger partial charge in [-0.2, -0.15) is 5.10 Å². The van der Waals surface area contributed by atoms with Gasteiger partial charge >= 0.3 is 0 Å². The second kappa shape index (κ2) is 4.22. The number of hydrogen-bond acceptors (Lipinski definition) is 4. The summed E-state index contributed by atoms with van der Waals surface area (Å²) in [6.07, 6.45) is 4.53. The maximum Gasteiger partial charge on any atom is 0.125 e. The van der Waals surface area contributed by atoms with Crippen molar-refractivity contribution in [2.24, 2.45) is 7.05 Å². The van der Waals surface area contributed by atoms with Crippen LogP contribution in [-0.4, -0.2) is 14.8 Å². The number of anilines is 3. The SMILES string of the molecule is CCc1nn(C)cc1Nc1ccnc(N)c1. The van der Waals surface area contributed by atoms with Gasteiger partial charge in [-0.25, -0.2) is 4.98 Å². The van der Waals surface area contributed by atoms with Crippen LogP contribution in [0.1, 0.15) is 12.6 Å². The van der Waals surface area contributed by atoms with Crippen LogP contribution in [0.15, 0.2) is 24.5 Å². The molecule has 2 rings (SSSR count). The molecular formula is C11H15N5. The summed E-state index contributed by atoms with van der Waals surface area (Å²) in [6.45, 7) is 2.08. The van der Waals surface area contributed by atoms with Gasteiger partial charge in [0, 0.05) is 31.2 Å². The van der Waals surface area contributed by atoms with Crippen LogP contribution in [0.4, 0.5) is 17.2 Å². The molecule has 0 aliphatic carbocycles. The van der Waals surface area contributed by atoms with Crippen LogP contribution < -0.4 is 11.1 Å². The van der Waals surface area contributed by atoms with Crippen molar-refractivity contribution in [3.05, 3.63) is 30.2 Å². The van der Waals surface area contributed by atoms with Crippen molar-refractivity contribution >= 4 is 17.2 Å². The second-order valence-electron chi connectivity index (χ2n) is 3.61. The van der Waals surface area contributed by atoms with E-state index < -0.39 is 0 Å². The van der Waals surface area contributed by atoms with Crippen LogP contribution in [0.3, 0.4) is 0 Å². The van der Waals surface area contributed by atoms with Crippen molar-refractivity contribution < 1.29 is 0 Å². The third-order valence-corrected chi connectivity index (χ3v) is 2.30. The number of rotatable bonds is 3. The highest BCUT2D eigenvalue weighted by Gasteiger charge is 2.05. The lowest BCUT2D eigenvalue weighted by atomic mass is 10.3.